The Morgan fingerprint density at radius 1 is 0.857 bits per heavy atom. The van der Waals surface area contributed by atoms with Gasteiger partial charge in [0.1, 0.15) is 11.6 Å². The van der Waals surface area contributed by atoms with E-state index in [2.05, 4.69) is 36.1 Å². The Morgan fingerprint density at radius 3 is 1.94 bits per heavy atom. The molecule has 0 radical (unpaired) electrons. The van der Waals surface area contributed by atoms with Gasteiger partial charge in [-0.1, -0.05) is 12.1 Å². The van der Waals surface area contributed by atoms with Gasteiger partial charge in [-0.05, 0) is 54.1 Å². The number of rotatable bonds is 9. The minimum absolute atomic E-state index is 0.0365. The molecular weight excluding hydrogens is 455 g/mol. The number of hydrogen-bond donors (Lipinski definition) is 3. The van der Waals surface area contributed by atoms with Crippen molar-refractivity contribution >= 4 is 41.1 Å². The van der Waals surface area contributed by atoms with Crippen molar-refractivity contribution in [2.75, 3.05) is 23.2 Å². The second-order valence-corrected chi connectivity index (χ2v) is 7.01. The van der Waals surface area contributed by atoms with Gasteiger partial charge in [0.05, 0.1) is 18.2 Å². The zero-order valence-electron chi connectivity index (χ0n) is 18.3. The third-order valence-electron chi connectivity index (χ3n) is 4.56. The lowest BCUT2D eigenvalue weighted by Crippen LogP contribution is -2.07. The van der Waals surface area contributed by atoms with E-state index in [0.717, 1.165) is 0 Å². The summed E-state index contributed by atoms with van der Waals surface area (Å²) in [6.45, 7) is 0. The van der Waals surface area contributed by atoms with Gasteiger partial charge in [0.2, 0.25) is 17.8 Å². The van der Waals surface area contributed by atoms with Crippen LogP contribution in [0.4, 0.5) is 39.3 Å². The van der Waals surface area contributed by atoms with Gasteiger partial charge >= 0.3 is 0 Å². The lowest BCUT2D eigenvalue weighted by Gasteiger charge is -2.10. The number of hydrazone groups is 1. The molecule has 0 amide bonds. The summed E-state index contributed by atoms with van der Waals surface area (Å²) in [4.78, 5) is 23.4. The zero-order valence-corrected chi connectivity index (χ0v) is 18.3. The predicted molar refractivity (Wildman–Crippen MR) is 130 cm³/mol. The second-order valence-electron chi connectivity index (χ2n) is 7.01. The molecule has 0 bridgehead atoms. The van der Waals surface area contributed by atoms with Crippen molar-refractivity contribution in [1.29, 1.82) is 0 Å². The van der Waals surface area contributed by atoms with E-state index >= 15 is 0 Å². The Balaban J connectivity index is 1.57. The topological polar surface area (TPSA) is 139 Å². The van der Waals surface area contributed by atoms with Crippen molar-refractivity contribution in [2.24, 2.45) is 5.10 Å². The molecule has 0 atom stereocenters. The van der Waals surface area contributed by atoms with Crippen LogP contribution in [0.5, 0.6) is 5.75 Å². The molecule has 0 aliphatic carbocycles. The fourth-order valence-corrected chi connectivity index (χ4v) is 2.85. The first-order valence-corrected chi connectivity index (χ1v) is 10.2. The van der Waals surface area contributed by atoms with Crippen LogP contribution in [0.15, 0.2) is 77.9 Å². The summed E-state index contributed by atoms with van der Waals surface area (Å²) in [5.74, 6) is 0.866. The molecule has 0 unspecified atom stereocenters. The van der Waals surface area contributed by atoms with Gasteiger partial charge in [-0.3, -0.25) is 10.1 Å². The van der Waals surface area contributed by atoms with Crippen LogP contribution >= 0.6 is 0 Å². The number of benzene rings is 3. The van der Waals surface area contributed by atoms with Crippen LogP contribution in [0.3, 0.4) is 0 Å². The molecule has 1 aromatic heterocycles. The normalized spacial score (nSPS) is 10.7. The zero-order chi connectivity index (χ0) is 24.6. The Morgan fingerprint density at radius 2 is 1.40 bits per heavy atom. The van der Waals surface area contributed by atoms with Crippen molar-refractivity contribution in [3.8, 4) is 5.75 Å². The first kappa shape index (κ1) is 23.0. The standard InChI is InChI=1S/C23H19FN8O3/c1-35-20-12-8-18(9-13-20)27-22-28-21(26-17-6-10-19(11-7-17)32(33)34)29-23(30-22)31-25-14-15-2-4-16(24)5-3-15/h2-14H,1H3,(H3,26,27,28,29,30,31)/b25-14-. The summed E-state index contributed by atoms with van der Waals surface area (Å²) >= 11 is 0. The van der Waals surface area contributed by atoms with Crippen molar-refractivity contribution in [3.05, 3.63) is 94.3 Å². The molecule has 1 heterocycles. The molecule has 12 heteroatoms. The molecular formula is C23H19FN8O3. The van der Waals surface area contributed by atoms with E-state index in [1.165, 1.54) is 42.6 Å². The average molecular weight is 474 g/mol. The number of nitrogens with zero attached hydrogens (tertiary/aromatic N) is 5. The first-order valence-electron chi connectivity index (χ1n) is 10.2. The van der Waals surface area contributed by atoms with E-state index in [0.29, 0.717) is 22.7 Å². The highest BCUT2D eigenvalue weighted by Gasteiger charge is 2.09. The lowest BCUT2D eigenvalue weighted by molar-refractivity contribution is -0.384. The Kier molecular flexibility index (Phi) is 7.02. The Labute approximate surface area is 198 Å². The molecule has 0 fully saturated rings. The Bertz CT molecular complexity index is 1330. The fourth-order valence-electron chi connectivity index (χ4n) is 2.85. The van der Waals surface area contributed by atoms with Crippen LogP contribution in [0.25, 0.3) is 0 Å². The molecule has 176 valence electrons. The highest BCUT2D eigenvalue weighted by Crippen LogP contribution is 2.22. The van der Waals surface area contributed by atoms with Crippen LogP contribution in [0.1, 0.15) is 5.56 Å². The van der Waals surface area contributed by atoms with Gasteiger partial charge < -0.3 is 15.4 Å². The van der Waals surface area contributed by atoms with E-state index in [9.17, 15) is 14.5 Å². The van der Waals surface area contributed by atoms with Crippen molar-refractivity contribution < 1.29 is 14.1 Å². The van der Waals surface area contributed by atoms with E-state index in [-0.39, 0.29) is 29.3 Å². The lowest BCUT2D eigenvalue weighted by atomic mass is 10.2. The van der Waals surface area contributed by atoms with E-state index in [1.807, 2.05) is 0 Å². The number of anilines is 5. The summed E-state index contributed by atoms with van der Waals surface area (Å²) in [7, 11) is 1.58. The number of hydrogen-bond acceptors (Lipinski definition) is 10. The number of halogens is 1. The number of non-ortho nitro benzene ring substituents is 1. The van der Waals surface area contributed by atoms with Crippen LogP contribution in [0, 0.1) is 15.9 Å². The van der Waals surface area contributed by atoms with Gasteiger partial charge in [-0.2, -0.15) is 20.1 Å². The second kappa shape index (κ2) is 10.7. The molecule has 4 rings (SSSR count). The number of aromatic nitrogens is 3. The largest absolute Gasteiger partial charge is 0.497 e. The van der Waals surface area contributed by atoms with Crippen LogP contribution in [-0.2, 0) is 0 Å². The third kappa shape index (κ3) is 6.44. The molecule has 3 N–H and O–H groups in total. The molecule has 0 aliphatic rings. The maximum Gasteiger partial charge on any atom is 0.269 e. The van der Waals surface area contributed by atoms with Crippen LogP contribution < -0.4 is 20.8 Å². The van der Waals surface area contributed by atoms with Crippen LogP contribution in [-0.4, -0.2) is 33.2 Å². The molecule has 0 saturated carbocycles. The SMILES string of the molecule is COc1ccc(Nc2nc(N/N=C\c3ccc(F)cc3)nc(Nc3ccc([N+](=O)[O-])cc3)n2)cc1. The number of ether oxygens (including phenoxy) is 1. The summed E-state index contributed by atoms with van der Waals surface area (Å²) in [6, 6.07) is 18.8. The minimum Gasteiger partial charge on any atom is -0.497 e. The fraction of sp³-hybridized carbons (Fsp3) is 0.0435. The number of nitro groups is 1. The maximum atomic E-state index is 13.1. The van der Waals surface area contributed by atoms with Crippen LogP contribution in [0.2, 0.25) is 0 Å². The Hall–Kier alpha value is -5.13. The van der Waals surface area contributed by atoms with E-state index in [1.54, 1.807) is 43.5 Å². The highest BCUT2D eigenvalue weighted by atomic mass is 19.1. The minimum atomic E-state index is -0.481. The summed E-state index contributed by atoms with van der Waals surface area (Å²) in [5.41, 5.74) is 4.61. The average Bonchev–Trinajstić information content (AvgIpc) is 2.86. The van der Waals surface area contributed by atoms with E-state index < -0.39 is 4.92 Å². The third-order valence-corrected chi connectivity index (χ3v) is 4.56. The molecule has 35 heavy (non-hydrogen) atoms. The summed E-state index contributed by atoms with van der Waals surface area (Å²) in [5, 5.41) is 21.1. The molecule has 0 saturated heterocycles. The van der Waals surface area contributed by atoms with Gasteiger partial charge in [0.25, 0.3) is 5.69 Å². The van der Waals surface area contributed by atoms with Gasteiger partial charge in [0, 0.05) is 23.5 Å². The number of nitro benzene ring substituents is 1. The molecule has 0 spiro atoms. The molecule has 4 aromatic rings. The predicted octanol–water partition coefficient (Wildman–Crippen LogP) is 4.86. The van der Waals surface area contributed by atoms with Gasteiger partial charge in [0.15, 0.2) is 0 Å². The van der Waals surface area contributed by atoms with Gasteiger partial charge in [-0.15, -0.1) is 0 Å². The smallest absolute Gasteiger partial charge is 0.269 e. The maximum absolute atomic E-state index is 13.1. The van der Waals surface area contributed by atoms with E-state index in [4.69, 9.17) is 4.74 Å². The molecule has 11 nitrogen and oxygen atoms in total. The van der Waals surface area contributed by atoms with Crippen molar-refractivity contribution in [3.63, 3.8) is 0 Å². The van der Waals surface area contributed by atoms with Gasteiger partial charge in [-0.25, -0.2) is 9.82 Å². The summed E-state index contributed by atoms with van der Waals surface area (Å²) < 4.78 is 18.2. The monoisotopic (exact) mass is 474 g/mol. The molecule has 0 aliphatic heterocycles. The van der Waals surface area contributed by atoms with Crippen molar-refractivity contribution in [1.82, 2.24) is 15.0 Å². The highest BCUT2D eigenvalue weighted by molar-refractivity contribution is 5.79. The quantitative estimate of drug-likeness (QED) is 0.176. The molecule has 3 aromatic carbocycles. The first-order chi connectivity index (χ1) is 17.0. The summed E-state index contributed by atoms with van der Waals surface area (Å²) in [6.07, 6.45) is 1.49. The number of nitrogens with one attached hydrogen (secondary N) is 3. The van der Waals surface area contributed by atoms with Crippen molar-refractivity contribution in [2.45, 2.75) is 0 Å². The number of methoxy groups -OCH3 is 1.